The normalized spacial score (nSPS) is 18.0. The molecular formula is C21H26N6O. The van der Waals surface area contributed by atoms with Crippen molar-refractivity contribution in [3.05, 3.63) is 42.0 Å². The smallest absolute Gasteiger partial charge is 0.224 e. The number of H-pyrrole nitrogens is 1. The SMILES string of the molecule is Cc1cc(CN2CCN(c3ccc4ncnc(OCC5CC5)c4c3)CC2)n[nH]1. The summed E-state index contributed by atoms with van der Waals surface area (Å²) in [5.41, 5.74) is 4.39. The Kier molecular flexibility index (Phi) is 4.60. The van der Waals surface area contributed by atoms with Crippen molar-refractivity contribution < 1.29 is 4.74 Å². The predicted molar refractivity (Wildman–Crippen MR) is 109 cm³/mol. The van der Waals surface area contributed by atoms with Gasteiger partial charge in [0.25, 0.3) is 0 Å². The van der Waals surface area contributed by atoms with E-state index in [0.717, 1.165) is 61.6 Å². The van der Waals surface area contributed by atoms with Crippen molar-refractivity contribution in [3.8, 4) is 5.88 Å². The summed E-state index contributed by atoms with van der Waals surface area (Å²) in [6, 6.07) is 8.55. The molecule has 28 heavy (non-hydrogen) atoms. The Morgan fingerprint density at radius 2 is 1.96 bits per heavy atom. The fourth-order valence-electron chi connectivity index (χ4n) is 3.76. The van der Waals surface area contributed by atoms with Gasteiger partial charge < -0.3 is 9.64 Å². The van der Waals surface area contributed by atoms with Crippen LogP contribution in [0.3, 0.4) is 0 Å². The first-order chi connectivity index (χ1) is 13.7. The number of hydrogen-bond donors (Lipinski definition) is 1. The first kappa shape index (κ1) is 17.4. The fourth-order valence-corrected chi connectivity index (χ4v) is 3.76. The van der Waals surface area contributed by atoms with Gasteiger partial charge in [0.15, 0.2) is 0 Å². The van der Waals surface area contributed by atoms with E-state index in [1.807, 2.05) is 6.92 Å². The molecule has 5 rings (SSSR count). The minimum absolute atomic E-state index is 0.708. The van der Waals surface area contributed by atoms with Crippen molar-refractivity contribution >= 4 is 16.6 Å². The molecule has 1 aliphatic carbocycles. The Bertz CT molecular complexity index is 958. The summed E-state index contributed by atoms with van der Waals surface area (Å²) >= 11 is 0. The topological polar surface area (TPSA) is 70.2 Å². The second-order valence-electron chi connectivity index (χ2n) is 7.94. The molecule has 1 saturated carbocycles. The minimum Gasteiger partial charge on any atom is -0.477 e. The van der Waals surface area contributed by atoms with Gasteiger partial charge in [-0.05, 0) is 49.9 Å². The molecule has 7 nitrogen and oxygen atoms in total. The summed E-state index contributed by atoms with van der Waals surface area (Å²) in [5, 5.41) is 8.39. The molecule has 1 aliphatic heterocycles. The maximum atomic E-state index is 5.98. The highest BCUT2D eigenvalue weighted by molar-refractivity contribution is 5.86. The molecule has 0 spiro atoms. The quantitative estimate of drug-likeness (QED) is 0.711. The number of aryl methyl sites for hydroxylation is 1. The Morgan fingerprint density at radius 1 is 1.11 bits per heavy atom. The lowest BCUT2D eigenvalue weighted by Gasteiger charge is -2.35. The number of nitrogens with zero attached hydrogens (tertiary/aromatic N) is 5. The number of hydrogen-bond acceptors (Lipinski definition) is 6. The van der Waals surface area contributed by atoms with Crippen LogP contribution in [0.15, 0.2) is 30.6 Å². The zero-order valence-corrected chi connectivity index (χ0v) is 16.3. The van der Waals surface area contributed by atoms with Crippen molar-refractivity contribution in [1.82, 2.24) is 25.1 Å². The van der Waals surface area contributed by atoms with Crippen molar-refractivity contribution in [2.24, 2.45) is 5.92 Å². The number of aromatic nitrogens is 4. The van der Waals surface area contributed by atoms with Crippen LogP contribution < -0.4 is 9.64 Å². The standard InChI is InChI=1S/C21H26N6O/c1-15-10-17(25-24-15)12-26-6-8-27(9-7-26)18-4-5-20-19(11-18)21(23-14-22-20)28-13-16-2-3-16/h4-5,10-11,14,16H,2-3,6-9,12-13H2,1H3,(H,24,25). The maximum Gasteiger partial charge on any atom is 0.224 e. The third-order valence-corrected chi connectivity index (χ3v) is 5.62. The predicted octanol–water partition coefficient (Wildman–Crippen LogP) is 2.77. The monoisotopic (exact) mass is 378 g/mol. The molecule has 1 saturated heterocycles. The van der Waals surface area contributed by atoms with Crippen molar-refractivity contribution in [2.45, 2.75) is 26.3 Å². The number of benzene rings is 1. The number of nitrogens with one attached hydrogen (secondary N) is 1. The van der Waals surface area contributed by atoms with Gasteiger partial charge in [-0.2, -0.15) is 5.10 Å². The maximum absolute atomic E-state index is 5.98. The van der Waals surface area contributed by atoms with Crippen LogP contribution in [-0.2, 0) is 6.54 Å². The van der Waals surface area contributed by atoms with E-state index in [1.165, 1.54) is 18.5 Å². The van der Waals surface area contributed by atoms with Crippen LogP contribution in [0.5, 0.6) is 5.88 Å². The Labute approximate surface area is 164 Å². The average molecular weight is 378 g/mol. The molecule has 1 aromatic carbocycles. The summed E-state index contributed by atoms with van der Waals surface area (Å²) in [7, 11) is 0. The molecule has 0 atom stereocenters. The second kappa shape index (κ2) is 7.39. The number of rotatable bonds is 6. The van der Waals surface area contributed by atoms with E-state index >= 15 is 0 Å². The number of fused-ring (bicyclic) bond motifs is 1. The Balaban J connectivity index is 1.27. The molecule has 7 heteroatoms. The summed E-state index contributed by atoms with van der Waals surface area (Å²) in [5.74, 6) is 1.42. The Morgan fingerprint density at radius 3 is 2.71 bits per heavy atom. The number of aromatic amines is 1. The van der Waals surface area contributed by atoms with E-state index in [1.54, 1.807) is 6.33 Å². The first-order valence-corrected chi connectivity index (χ1v) is 10.1. The van der Waals surface area contributed by atoms with Crippen LogP contribution in [0.4, 0.5) is 5.69 Å². The van der Waals surface area contributed by atoms with Crippen molar-refractivity contribution in [3.63, 3.8) is 0 Å². The number of ether oxygens (including phenoxy) is 1. The lowest BCUT2D eigenvalue weighted by molar-refractivity contribution is 0.247. The van der Waals surface area contributed by atoms with E-state index in [4.69, 9.17) is 4.74 Å². The zero-order valence-electron chi connectivity index (χ0n) is 16.3. The highest BCUT2D eigenvalue weighted by Crippen LogP contribution is 2.32. The lowest BCUT2D eigenvalue weighted by atomic mass is 10.2. The molecule has 0 unspecified atom stereocenters. The summed E-state index contributed by atoms with van der Waals surface area (Å²) in [6.45, 7) is 7.77. The zero-order chi connectivity index (χ0) is 18.9. The van der Waals surface area contributed by atoms with Gasteiger partial charge in [0.1, 0.15) is 6.33 Å². The number of piperazine rings is 1. The largest absolute Gasteiger partial charge is 0.477 e. The average Bonchev–Trinajstić information content (AvgIpc) is 3.47. The summed E-state index contributed by atoms with van der Waals surface area (Å²) < 4.78 is 5.98. The molecule has 2 fully saturated rings. The van der Waals surface area contributed by atoms with Gasteiger partial charge in [-0.1, -0.05) is 0 Å². The molecule has 3 aromatic rings. The molecule has 0 radical (unpaired) electrons. The van der Waals surface area contributed by atoms with Gasteiger partial charge in [-0.25, -0.2) is 9.97 Å². The van der Waals surface area contributed by atoms with E-state index < -0.39 is 0 Å². The summed E-state index contributed by atoms with van der Waals surface area (Å²) in [6.07, 6.45) is 4.15. The Hall–Kier alpha value is -2.67. The minimum atomic E-state index is 0.708. The highest BCUT2D eigenvalue weighted by Gasteiger charge is 2.23. The second-order valence-corrected chi connectivity index (χ2v) is 7.94. The molecule has 146 valence electrons. The van der Waals surface area contributed by atoms with Crippen molar-refractivity contribution in [2.75, 3.05) is 37.7 Å². The van der Waals surface area contributed by atoms with Gasteiger partial charge >= 0.3 is 0 Å². The summed E-state index contributed by atoms with van der Waals surface area (Å²) in [4.78, 5) is 13.7. The van der Waals surface area contributed by atoms with E-state index in [0.29, 0.717) is 11.8 Å². The number of anilines is 1. The molecule has 2 aromatic heterocycles. The van der Waals surface area contributed by atoms with E-state index in [-0.39, 0.29) is 0 Å². The van der Waals surface area contributed by atoms with Gasteiger partial charge in [0.05, 0.1) is 23.2 Å². The van der Waals surface area contributed by atoms with Crippen LogP contribution >= 0.6 is 0 Å². The third kappa shape index (κ3) is 3.80. The molecular weight excluding hydrogens is 352 g/mol. The van der Waals surface area contributed by atoms with Crippen LogP contribution in [-0.4, -0.2) is 57.9 Å². The highest BCUT2D eigenvalue weighted by atomic mass is 16.5. The van der Waals surface area contributed by atoms with Crippen molar-refractivity contribution in [1.29, 1.82) is 0 Å². The third-order valence-electron chi connectivity index (χ3n) is 5.62. The van der Waals surface area contributed by atoms with Crippen LogP contribution in [0.2, 0.25) is 0 Å². The molecule has 3 heterocycles. The molecule has 1 N–H and O–H groups in total. The van der Waals surface area contributed by atoms with Gasteiger partial charge in [0.2, 0.25) is 5.88 Å². The van der Waals surface area contributed by atoms with E-state index in [9.17, 15) is 0 Å². The molecule has 0 bridgehead atoms. The van der Waals surface area contributed by atoms with Crippen LogP contribution in [0.25, 0.3) is 10.9 Å². The van der Waals surface area contributed by atoms with Gasteiger partial charge in [-0.3, -0.25) is 10.00 Å². The molecule has 0 amide bonds. The lowest BCUT2D eigenvalue weighted by Crippen LogP contribution is -2.46. The van der Waals surface area contributed by atoms with Gasteiger partial charge in [-0.15, -0.1) is 0 Å². The van der Waals surface area contributed by atoms with Gasteiger partial charge in [0, 0.05) is 44.1 Å². The fraction of sp³-hybridized carbons (Fsp3) is 0.476. The molecule has 2 aliphatic rings. The van der Waals surface area contributed by atoms with Crippen LogP contribution in [0, 0.1) is 12.8 Å². The first-order valence-electron chi connectivity index (χ1n) is 10.1. The van der Waals surface area contributed by atoms with E-state index in [2.05, 4.69) is 54.2 Å². The van der Waals surface area contributed by atoms with Crippen LogP contribution in [0.1, 0.15) is 24.2 Å².